The largest absolute Gasteiger partial charge is 0.493 e. The van der Waals surface area contributed by atoms with E-state index < -0.39 is 0 Å². The van der Waals surface area contributed by atoms with Crippen molar-refractivity contribution in [2.24, 2.45) is 11.8 Å². The molecule has 0 spiro atoms. The molecule has 28 heavy (non-hydrogen) atoms. The summed E-state index contributed by atoms with van der Waals surface area (Å²) < 4.78 is 10.8. The maximum absolute atomic E-state index is 12.6. The van der Waals surface area contributed by atoms with Crippen molar-refractivity contribution in [3.63, 3.8) is 0 Å². The molecule has 0 N–H and O–H groups in total. The summed E-state index contributed by atoms with van der Waals surface area (Å²) in [5.74, 6) is 2.77. The number of carbonyl (C=O) groups is 2. The van der Waals surface area contributed by atoms with Gasteiger partial charge in [0.25, 0.3) is 0 Å². The van der Waals surface area contributed by atoms with Crippen LogP contribution in [0.15, 0.2) is 18.2 Å². The lowest BCUT2D eigenvalue weighted by Crippen LogP contribution is -2.43. The van der Waals surface area contributed by atoms with Gasteiger partial charge in [0.1, 0.15) is 5.37 Å². The van der Waals surface area contributed by atoms with Crippen LogP contribution in [-0.2, 0) is 9.59 Å². The Labute approximate surface area is 171 Å². The van der Waals surface area contributed by atoms with Gasteiger partial charge in [-0.25, -0.2) is 0 Å². The van der Waals surface area contributed by atoms with Crippen molar-refractivity contribution in [1.29, 1.82) is 0 Å². The molecule has 2 aliphatic heterocycles. The average molecular weight is 407 g/mol. The third-order valence-corrected chi connectivity index (χ3v) is 6.79. The van der Waals surface area contributed by atoms with Crippen molar-refractivity contribution < 1.29 is 19.1 Å². The number of hydrogen-bond acceptors (Lipinski definition) is 5. The number of piperidine rings is 1. The Hall–Kier alpha value is -1.89. The van der Waals surface area contributed by atoms with E-state index in [4.69, 9.17) is 9.47 Å². The number of hydrogen-bond donors (Lipinski definition) is 0. The standard InChI is InChI=1S/C21H30N2O4S/c1-14(2)20(25)22-9-7-15(8-10-22)12-23-19(24)13-28-21(23)16-5-6-17(26-3)18(11-16)27-4/h5-6,11,14-15,21H,7-10,12-13H2,1-4H3. The van der Waals surface area contributed by atoms with Gasteiger partial charge in [-0.05, 0) is 36.5 Å². The third-order valence-electron chi connectivity index (χ3n) is 5.54. The lowest BCUT2D eigenvalue weighted by Gasteiger charge is -2.36. The highest BCUT2D eigenvalue weighted by Gasteiger charge is 2.36. The summed E-state index contributed by atoms with van der Waals surface area (Å²) in [4.78, 5) is 28.7. The number of thioether (sulfide) groups is 1. The van der Waals surface area contributed by atoms with Crippen LogP contribution in [0.4, 0.5) is 0 Å². The molecule has 0 bridgehead atoms. The smallest absolute Gasteiger partial charge is 0.233 e. The van der Waals surface area contributed by atoms with Gasteiger partial charge in [-0.1, -0.05) is 19.9 Å². The molecule has 1 atom stereocenters. The number of likely N-dealkylation sites (tertiary alicyclic amines) is 1. The van der Waals surface area contributed by atoms with Gasteiger partial charge < -0.3 is 19.3 Å². The summed E-state index contributed by atoms with van der Waals surface area (Å²) in [6, 6.07) is 5.87. The van der Waals surface area contributed by atoms with E-state index >= 15 is 0 Å². The Morgan fingerprint density at radius 1 is 1.18 bits per heavy atom. The first-order chi connectivity index (χ1) is 13.4. The van der Waals surface area contributed by atoms with Crippen LogP contribution in [0.2, 0.25) is 0 Å². The molecule has 0 aliphatic carbocycles. The van der Waals surface area contributed by atoms with E-state index in [1.54, 1.807) is 26.0 Å². The number of carbonyl (C=O) groups excluding carboxylic acids is 2. The molecule has 2 heterocycles. The van der Waals surface area contributed by atoms with Gasteiger partial charge in [0.2, 0.25) is 11.8 Å². The van der Waals surface area contributed by atoms with Crippen LogP contribution in [0.3, 0.4) is 0 Å². The minimum atomic E-state index is 0.00244. The first kappa shape index (κ1) is 20.8. The molecule has 1 aromatic carbocycles. The Morgan fingerprint density at radius 2 is 1.86 bits per heavy atom. The molecular formula is C21H30N2O4S. The highest BCUT2D eigenvalue weighted by molar-refractivity contribution is 8.00. The van der Waals surface area contributed by atoms with E-state index in [0.29, 0.717) is 23.2 Å². The number of nitrogens with zero attached hydrogens (tertiary/aromatic N) is 2. The van der Waals surface area contributed by atoms with Crippen LogP contribution in [0, 0.1) is 11.8 Å². The fraction of sp³-hybridized carbons (Fsp3) is 0.619. The van der Waals surface area contributed by atoms with E-state index in [0.717, 1.165) is 38.0 Å². The third kappa shape index (κ3) is 4.40. The Bertz CT molecular complexity index is 716. The van der Waals surface area contributed by atoms with Crippen molar-refractivity contribution in [1.82, 2.24) is 9.80 Å². The normalized spacial score (nSPS) is 20.8. The van der Waals surface area contributed by atoms with E-state index in [9.17, 15) is 9.59 Å². The molecule has 2 amide bonds. The first-order valence-electron chi connectivity index (χ1n) is 9.86. The number of rotatable bonds is 6. The summed E-state index contributed by atoms with van der Waals surface area (Å²) in [5.41, 5.74) is 1.06. The molecule has 154 valence electrons. The van der Waals surface area contributed by atoms with Crippen molar-refractivity contribution in [2.75, 3.05) is 39.6 Å². The molecule has 2 aliphatic rings. The fourth-order valence-electron chi connectivity index (χ4n) is 3.91. The first-order valence-corrected chi connectivity index (χ1v) is 10.9. The second kappa shape index (κ2) is 9.07. The second-order valence-corrected chi connectivity index (χ2v) is 8.82. The van der Waals surface area contributed by atoms with E-state index in [-0.39, 0.29) is 23.1 Å². The minimum absolute atomic E-state index is 0.00244. The van der Waals surface area contributed by atoms with Crippen molar-refractivity contribution >= 4 is 23.6 Å². The van der Waals surface area contributed by atoms with Crippen LogP contribution < -0.4 is 9.47 Å². The maximum atomic E-state index is 12.6. The lowest BCUT2D eigenvalue weighted by atomic mass is 9.95. The summed E-state index contributed by atoms with van der Waals surface area (Å²) in [6.07, 6.45) is 1.90. The number of methoxy groups -OCH3 is 2. The maximum Gasteiger partial charge on any atom is 0.233 e. The molecule has 1 aromatic rings. The second-order valence-electron chi connectivity index (χ2n) is 7.75. The minimum Gasteiger partial charge on any atom is -0.493 e. The van der Waals surface area contributed by atoms with Gasteiger partial charge in [0.05, 0.1) is 20.0 Å². The predicted molar refractivity (Wildman–Crippen MR) is 111 cm³/mol. The Kier molecular flexibility index (Phi) is 6.75. The van der Waals surface area contributed by atoms with E-state index in [1.165, 1.54) is 0 Å². The van der Waals surface area contributed by atoms with Gasteiger partial charge in [-0.2, -0.15) is 0 Å². The molecule has 1 unspecified atom stereocenters. The highest BCUT2D eigenvalue weighted by Crippen LogP contribution is 2.42. The van der Waals surface area contributed by atoms with Gasteiger partial charge in [0, 0.05) is 25.6 Å². The molecule has 0 saturated carbocycles. The van der Waals surface area contributed by atoms with Crippen molar-refractivity contribution in [2.45, 2.75) is 32.1 Å². The zero-order chi connectivity index (χ0) is 20.3. The van der Waals surface area contributed by atoms with Crippen LogP contribution >= 0.6 is 11.8 Å². The number of amides is 2. The monoisotopic (exact) mass is 406 g/mol. The van der Waals surface area contributed by atoms with Crippen LogP contribution in [0.5, 0.6) is 11.5 Å². The molecule has 2 fully saturated rings. The van der Waals surface area contributed by atoms with Crippen LogP contribution in [0.25, 0.3) is 0 Å². The van der Waals surface area contributed by atoms with Gasteiger partial charge in [0.15, 0.2) is 11.5 Å². The average Bonchev–Trinajstić information content (AvgIpc) is 3.07. The SMILES string of the molecule is COc1ccc(C2SCC(=O)N2CC2CCN(C(=O)C(C)C)CC2)cc1OC. The zero-order valence-electron chi connectivity index (χ0n) is 17.1. The van der Waals surface area contributed by atoms with Crippen molar-refractivity contribution in [3.8, 4) is 11.5 Å². The molecule has 6 nitrogen and oxygen atoms in total. The van der Waals surface area contributed by atoms with Crippen LogP contribution in [0.1, 0.15) is 37.6 Å². The van der Waals surface area contributed by atoms with Gasteiger partial charge >= 0.3 is 0 Å². The molecule has 2 saturated heterocycles. The highest BCUT2D eigenvalue weighted by atomic mass is 32.2. The van der Waals surface area contributed by atoms with Gasteiger partial charge in [-0.3, -0.25) is 9.59 Å². The molecular weight excluding hydrogens is 376 g/mol. The molecule has 0 aromatic heterocycles. The Morgan fingerprint density at radius 3 is 2.46 bits per heavy atom. The Balaban J connectivity index is 1.66. The number of benzene rings is 1. The summed E-state index contributed by atoms with van der Waals surface area (Å²) in [6.45, 7) is 6.22. The quantitative estimate of drug-likeness (QED) is 0.726. The molecule has 3 rings (SSSR count). The van der Waals surface area contributed by atoms with Crippen LogP contribution in [-0.4, -0.2) is 61.2 Å². The van der Waals surface area contributed by atoms with Crippen molar-refractivity contribution in [3.05, 3.63) is 23.8 Å². The molecule has 0 radical (unpaired) electrons. The topological polar surface area (TPSA) is 59.1 Å². The number of ether oxygens (including phenoxy) is 2. The summed E-state index contributed by atoms with van der Waals surface area (Å²) in [7, 11) is 3.24. The predicted octanol–water partition coefficient (Wildman–Crippen LogP) is 3.17. The fourth-order valence-corrected chi connectivity index (χ4v) is 5.10. The summed E-state index contributed by atoms with van der Waals surface area (Å²) in [5, 5.41) is 0.00244. The van der Waals surface area contributed by atoms with Gasteiger partial charge in [-0.15, -0.1) is 11.8 Å². The van der Waals surface area contributed by atoms with E-state index in [2.05, 4.69) is 0 Å². The molecule has 7 heteroatoms. The lowest BCUT2D eigenvalue weighted by molar-refractivity contribution is -0.136. The zero-order valence-corrected chi connectivity index (χ0v) is 18.0. The summed E-state index contributed by atoms with van der Waals surface area (Å²) >= 11 is 1.66. The van der Waals surface area contributed by atoms with E-state index in [1.807, 2.05) is 41.8 Å².